The Hall–Kier alpha value is -0.720. The van der Waals surface area contributed by atoms with Gasteiger partial charge in [-0.05, 0) is 19.5 Å². The van der Waals surface area contributed by atoms with Crippen molar-refractivity contribution in [1.29, 1.82) is 0 Å². The standard InChI is InChI=1S/C11H19N/c1-4-6-10-8-9-12(3)11(10)7-5-2/h4,6,8-11H,5,7H2,1-3H3/b6-4+. The second-order valence-electron chi connectivity index (χ2n) is 3.47. The molecule has 0 saturated heterocycles. The second kappa shape index (κ2) is 4.34. The van der Waals surface area contributed by atoms with E-state index in [4.69, 9.17) is 0 Å². The van der Waals surface area contributed by atoms with Crippen LogP contribution in [0, 0.1) is 5.92 Å². The number of hydrogen-bond donors (Lipinski definition) is 0. The zero-order valence-corrected chi connectivity index (χ0v) is 8.33. The summed E-state index contributed by atoms with van der Waals surface area (Å²) in [7, 11) is 2.17. The van der Waals surface area contributed by atoms with Crippen molar-refractivity contribution in [3.63, 3.8) is 0 Å². The molecule has 1 rings (SSSR count). The smallest absolute Gasteiger partial charge is 0.0378 e. The van der Waals surface area contributed by atoms with Crippen molar-refractivity contribution in [3.8, 4) is 0 Å². The zero-order valence-electron chi connectivity index (χ0n) is 8.33. The van der Waals surface area contributed by atoms with Crippen LogP contribution < -0.4 is 0 Å². The van der Waals surface area contributed by atoms with E-state index < -0.39 is 0 Å². The maximum atomic E-state index is 2.33. The Morgan fingerprint density at radius 2 is 2.25 bits per heavy atom. The Balaban J connectivity index is 2.56. The number of hydrogen-bond acceptors (Lipinski definition) is 1. The molecule has 1 heteroatoms. The monoisotopic (exact) mass is 165 g/mol. The topological polar surface area (TPSA) is 3.24 Å². The quantitative estimate of drug-likeness (QED) is 0.581. The van der Waals surface area contributed by atoms with Gasteiger partial charge >= 0.3 is 0 Å². The normalized spacial score (nSPS) is 29.1. The van der Waals surface area contributed by atoms with Crippen LogP contribution in [0.15, 0.2) is 24.4 Å². The molecule has 0 saturated carbocycles. The molecule has 2 unspecified atom stereocenters. The van der Waals surface area contributed by atoms with Crippen LogP contribution in [0.4, 0.5) is 0 Å². The zero-order chi connectivity index (χ0) is 8.97. The Morgan fingerprint density at radius 3 is 2.83 bits per heavy atom. The lowest BCUT2D eigenvalue weighted by Crippen LogP contribution is -2.27. The second-order valence-corrected chi connectivity index (χ2v) is 3.47. The van der Waals surface area contributed by atoms with E-state index in [9.17, 15) is 0 Å². The van der Waals surface area contributed by atoms with Gasteiger partial charge in [0.15, 0.2) is 0 Å². The Morgan fingerprint density at radius 1 is 1.50 bits per heavy atom. The SMILES string of the molecule is C/C=C/C1C=CN(C)C1CCC. The van der Waals surface area contributed by atoms with Crippen LogP contribution in [0.1, 0.15) is 26.7 Å². The molecule has 0 N–H and O–H groups in total. The van der Waals surface area contributed by atoms with Gasteiger partial charge in [-0.25, -0.2) is 0 Å². The highest BCUT2D eigenvalue weighted by molar-refractivity contribution is 5.11. The van der Waals surface area contributed by atoms with Gasteiger partial charge in [0.1, 0.15) is 0 Å². The van der Waals surface area contributed by atoms with Crippen LogP contribution >= 0.6 is 0 Å². The van der Waals surface area contributed by atoms with Crippen molar-refractivity contribution in [1.82, 2.24) is 4.90 Å². The van der Waals surface area contributed by atoms with Crippen LogP contribution in [-0.4, -0.2) is 18.0 Å². The summed E-state index contributed by atoms with van der Waals surface area (Å²) in [6.45, 7) is 4.34. The molecule has 0 bridgehead atoms. The molecule has 0 spiro atoms. The van der Waals surface area contributed by atoms with E-state index >= 15 is 0 Å². The van der Waals surface area contributed by atoms with Gasteiger partial charge in [-0.1, -0.05) is 31.6 Å². The number of allylic oxidation sites excluding steroid dienone is 1. The minimum Gasteiger partial charge on any atom is -0.377 e. The van der Waals surface area contributed by atoms with Crippen LogP contribution in [0.2, 0.25) is 0 Å². The van der Waals surface area contributed by atoms with E-state index in [-0.39, 0.29) is 0 Å². The van der Waals surface area contributed by atoms with Gasteiger partial charge in [-0.3, -0.25) is 0 Å². The molecular weight excluding hydrogens is 146 g/mol. The lowest BCUT2D eigenvalue weighted by Gasteiger charge is -2.24. The minimum absolute atomic E-state index is 0.639. The first kappa shape index (κ1) is 9.37. The van der Waals surface area contributed by atoms with E-state index in [0.717, 1.165) is 0 Å². The Kier molecular flexibility index (Phi) is 3.39. The van der Waals surface area contributed by atoms with Gasteiger partial charge in [0.25, 0.3) is 0 Å². The summed E-state index contributed by atoms with van der Waals surface area (Å²) in [6, 6.07) is 0.700. The van der Waals surface area contributed by atoms with E-state index in [1.807, 2.05) is 0 Å². The first-order valence-corrected chi connectivity index (χ1v) is 4.82. The van der Waals surface area contributed by atoms with Crippen molar-refractivity contribution in [2.75, 3.05) is 7.05 Å². The van der Waals surface area contributed by atoms with E-state index in [1.165, 1.54) is 12.8 Å². The highest BCUT2D eigenvalue weighted by atomic mass is 15.1. The summed E-state index contributed by atoms with van der Waals surface area (Å²) in [5, 5.41) is 0. The Bertz CT molecular complexity index is 181. The lowest BCUT2D eigenvalue weighted by molar-refractivity contribution is 0.304. The number of rotatable bonds is 3. The van der Waals surface area contributed by atoms with E-state index in [1.54, 1.807) is 0 Å². The first-order valence-electron chi connectivity index (χ1n) is 4.82. The van der Waals surface area contributed by atoms with Crippen molar-refractivity contribution in [3.05, 3.63) is 24.4 Å². The van der Waals surface area contributed by atoms with Crippen LogP contribution in [0.25, 0.3) is 0 Å². The fraction of sp³-hybridized carbons (Fsp3) is 0.636. The summed E-state index contributed by atoms with van der Waals surface area (Å²) >= 11 is 0. The fourth-order valence-electron chi connectivity index (χ4n) is 1.85. The fourth-order valence-corrected chi connectivity index (χ4v) is 1.85. The highest BCUT2D eigenvalue weighted by Gasteiger charge is 2.23. The van der Waals surface area contributed by atoms with Crippen LogP contribution in [-0.2, 0) is 0 Å². The molecule has 12 heavy (non-hydrogen) atoms. The summed E-state index contributed by atoms with van der Waals surface area (Å²) in [4.78, 5) is 2.33. The summed E-state index contributed by atoms with van der Waals surface area (Å²) in [5.41, 5.74) is 0. The predicted molar refractivity (Wildman–Crippen MR) is 53.9 cm³/mol. The average Bonchev–Trinajstić information content (AvgIpc) is 2.37. The summed E-state index contributed by atoms with van der Waals surface area (Å²) < 4.78 is 0. The molecule has 0 radical (unpaired) electrons. The third kappa shape index (κ3) is 1.90. The van der Waals surface area contributed by atoms with Gasteiger partial charge in [0, 0.05) is 19.0 Å². The van der Waals surface area contributed by atoms with Crippen molar-refractivity contribution >= 4 is 0 Å². The third-order valence-electron chi connectivity index (χ3n) is 2.51. The van der Waals surface area contributed by atoms with Gasteiger partial charge in [-0.2, -0.15) is 0 Å². The largest absolute Gasteiger partial charge is 0.377 e. The molecule has 0 aliphatic carbocycles. The maximum absolute atomic E-state index is 2.33. The molecule has 0 aromatic rings. The van der Waals surface area contributed by atoms with Crippen LogP contribution in [0.5, 0.6) is 0 Å². The molecule has 0 aromatic heterocycles. The molecule has 0 aromatic carbocycles. The van der Waals surface area contributed by atoms with Gasteiger partial charge < -0.3 is 4.90 Å². The van der Waals surface area contributed by atoms with Gasteiger partial charge in [-0.15, -0.1) is 0 Å². The molecule has 2 atom stereocenters. The van der Waals surface area contributed by atoms with Crippen LogP contribution in [0.3, 0.4) is 0 Å². The molecule has 0 amide bonds. The molecule has 1 aliphatic rings. The maximum Gasteiger partial charge on any atom is 0.0378 e. The van der Waals surface area contributed by atoms with Crippen molar-refractivity contribution in [2.45, 2.75) is 32.7 Å². The van der Waals surface area contributed by atoms with E-state index in [2.05, 4.69) is 50.2 Å². The molecule has 0 fully saturated rings. The third-order valence-corrected chi connectivity index (χ3v) is 2.51. The average molecular weight is 165 g/mol. The van der Waals surface area contributed by atoms with Gasteiger partial charge in [0.05, 0.1) is 0 Å². The Labute approximate surface area is 75.8 Å². The molecule has 1 nitrogen and oxygen atoms in total. The predicted octanol–water partition coefficient (Wildman–Crippen LogP) is 2.81. The molecular formula is C11H19N. The van der Waals surface area contributed by atoms with Gasteiger partial charge in [0.2, 0.25) is 0 Å². The van der Waals surface area contributed by atoms with Crippen molar-refractivity contribution in [2.24, 2.45) is 5.92 Å². The van der Waals surface area contributed by atoms with E-state index in [0.29, 0.717) is 12.0 Å². The molecule has 1 heterocycles. The minimum atomic E-state index is 0.639. The molecule has 68 valence electrons. The lowest BCUT2D eigenvalue weighted by atomic mass is 9.97. The highest BCUT2D eigenvalue weighted by Crippen LogP contribution is 2.24. The van der Waals surface area contributed by atoms with Crippen molar-refractivity contribution < 1.29 is 0 Å². The first-order chi connectivity index (χ1) is 5.79. The summed E-state index contributed by atoms with van der Waals surface area (Å²) in [6.07, 6.45) is 11.5. The molecule has 1 aliphatic heterocycles. The number of nitrogens with zero attached hydrogens (tertiary/aromatic N) is 1. The summed E-state index contributed by atoms with van der Waals surface area (Å²) in [5.74, 6) is 0.639.